The molecule has 1 aromatic carbocycles. The van der Waals surface area contributed by atoms with Crippen molar-refractivity contribution in [2.45, 2.75) is 6.92 Å². The molecule has 1 aromatic heterocycles. The van der Waals surface area contributed by atoms with Crippen LogP contribution in [0.25, 0.3) is 0 Å². The highest BCUT2D eigenvalue weighted by Gasteiger charge is 2.10. The number of hydrogen-bond acceptors (Lipinski definition) is 6. The summed E-state index contributed by atoms with van der Waals surface area (Å²) in [6.45, 7) is 1.62. The number of nitro benzene ring substituents is 1. The Balaban J connectivity index is 1.99. The van der Waals surface area contributed by atoms with Crippen molar-refractivity contribution in [3.8, 4) is 0 Å². The van der Waals surface area contributed by atoms with Gasteiger partial charge < -0.3 is 5.32 Å². The lowest BCUT2D eigenvalue weighted by atomic mass is 10.3. The Morgan fingerprint density at radius 2 is 1.95 bits per heavy atom. The third-order valence-electron chi connectivity index (χ3n) is 2.22. The molecular weight excluding hydrogens is 254 g/mol. The summed E-state index contributed by atoms with van der Waals surface area (Å²) in [5.41, 5.74) is 0.804. The molecule has 9 heteroatoms. The van der Waals surface area contributed by atoms with E-state index in [1.54, 1.807) is 6.92 Å². The van der Waals surface area contributed by atoms with Crippen molar-refractivity contribution >= 4 is 23.2 Å². The Morgan fingerprint density at radius 1 is 1.26 bits per heavy atom. The maximum Gasteiger partial charge on any atom is 0.324 e. The second-order valence-corrected chi connectivity index (χ2v) is 3.58. The fraction of sp³-hybridized carbons (Fsp3) is 0.100. The number of rotatable bonds is 3. The van der Waals surface area contributed by atoms with E-state index in [1.165, 1.54) is 24.3 Å². The molecular formula is C10H9N5O4. The van der Waals surface area contributed by atoms with E-state index < -0.39 is 11.0 Å². The Labute approximate surface area is 106 Å². The van der Waals surface area contributed by atoms with Gasteiger partial charge in [0.15, 0.2) is 0 Å². The first-order valence-electron chi connectivity index (χ1n) is 5.18. The molecule has 9 nitrogen and oxygen atoms in total. The van der Waals surface area contributed by atoms with Gasteiger partial charge in [-0.25, -0.2) is 9.42 Å². The predicted octanol–water partition coefficient (Wildman–Crippen LogP) is 1.93. The summed E-state index contributed by atoms with van der Waals surface area (Å²) < 4.78 is 4.42. The zero-order valence-corrected chi connectivity index (χ0v) is 9.78. The average Bonchev–Trinajstić information content (AvgIpc) is 2.75. The van der Waals surface area contributed by atoms with Crippen LogP contribution in [0.4, 0.5) is 22.0 Å². The van der Waals surface area contributed by atoms with E-state index >= 15 is 0 Å². The maximum atomic E-state index is 11.6. The summed E-state index contributed by atoms with van der Waals surface area (Å²) in [7, 11) is 0. The van der Waals surface area contributed by atoms with Crippen LogP contribution in [0.5, 0.6) is 0 Å². The minimum absolute atomic E-state index is 0.0532. The Morgan fingerprint density at radius 3 is 2.47 bits per heavy atom. The minimum Gasteiger partial charge on any atom is -0.308 e. The zero-order valence-electron chi connectivity index (χ0n) is 9.78. The molecule has 0 bridgehead atoms. The second kappa shape index (κ2) is 5.12. The third kappa shape index (κ3) is 3.03. The van der Waals surface area contributed by atoms with Gasteiger partial charge in [0.1, 0.15) is 5.69 Å². The molecule has 2 aromatic rings. The van der Waals surface area contributed by atoms with E-state index in [2.05, 4.69) is 25.6 Å². The first kappa shape index (κ1) is 12.5. The lowest BCUT2D eigenvalue weighted by molar-refractivity contribution is -0.384. The van der Waals surface area contributed by atoms with Crippen LogP contribution in [-0.4, -0.2) is 21.3 Å². The number of aryl methyl sites for hydroxylation is 1. The SMILES string of the molecule is Cc1nonc1NC(=O)Nc1ccc([N+](=O)[O-])cc1. The van der Waals surface area contributed by atoms with Gasteiger partial charge in [-0.1, -0.05) is 5.16 Å². The molecule has 19 heavy (non-hydrogen) atoms. The monoisotopic (exact) mass is 263 g/mol. The summed E-state index contributed by atoms with van der Waals surface area (Å²) in [6, 6.07) is 4.88. The second-order valence-electron chi connectivity index (χ2n) is 3.58. The Hall–Kier alpha value is -2.97. The molecule has 0 spiro atoms. The molecule has 0 saturated heterocycles. The van der Waals surface area contributed by atoms with Crippen LogP contribution in [0.2, 0.25) is 0 Å². The topological polar surface area (TPSA) is 123 Å². The first-order chi connectivity index (χ1) is 9.06. The van der Waals surface area contributed by atoms with Gasteiger partial charge in [-0.2, -0.15) is 0 Å². The molecule has 0 unspecified atom stereocenters. The summed E-state index contributed by atoms with van der Waals surface area (Å²) in [5.74, 6) is 0.208. The summed E-state index contributed by atoms with van der Waals surface area (Å²) in [5, 5.41) is 22.4. The summed E-state index contributed by atoms with van der Waals surface area (Å²) in [4.78, 5) is 21.5. The van der Waals surface area contributed by atoms with Crippen molar-refractivity contribution in [1.29, 1.82) is 0 Å². The number of anilines is 2. The zero-order chi connectivity index (χ0) is 13.8. The number of benzene rings is 1. The average molecular weight is 263 g/mol. The number of carbonyl (C=O) groups is 1. The smallest absolute Gasteiger partial charge is 0.308 e. The fourth-order valence-corrected chi connectivity index (χ4v) is 1.28. The van der Waals surface area contributed by atoms with E-state index in [-0.39, 0.29) is 11.5 Å². The van der Waals surface area contributed by atoms with Gasteiger partial charge in [-0.3, -0.25) is 15.4 Å². The van der Waals surface area contributed by atoms with E-state index in [0.29, 0.717) is 11.4 Å². The molecule has 0 aliphatic carbocycles. The normalized spacial score (nSPS) is 9.95. The van der Waals surface area contributed by atoms with Gasteiger partial charge in [-0.15, -0.1) is 0 Å². The van der Waals surface area contributed by atoms with Gasteiger partial charge in [0, 0.05) is 17.8 Å². The number of hydrogen-bond donors (Lipinski definition) is 2. The number of carbonyl (C=O) groups excluding carboxylic acids is 1. The quantitative estimate of drug-likeness (QED) is 0.644. The van der Waals surface area contributed by atoms with Crippen LogP contribution >= 0.6 is 0 Å². The van der Waals surface area contributed by atoms with Crippen molar-refractivity contribution in [3.05, 3.63) is 40.1 Å². The van der Waals surface area contributed by atoms with Gasteiger partial charge >= 0.3 is 6.03 Å². The van der Waals surface area contributed by atoms with Gasteiger partial charge in [0.25, 0.3) is 5.69 Å². The highest BCUT2D eigenvalue weighted by atomic mass is 16.6. The van der Waals surface area contributed by atoms with Crippen molar-refractivity contribution < 1.29 is 14.3 Å². The minimum atomic E-state index is -0.548. The molecule has 2 N–H and O–H groups in total. The number of nitro groups is 1. The third-order valence-corrected chi connectivity index (χ3v) is 2.22. The first-order valence-corrected chi connectivity index (χ1v) is 5.18. The van der Waals surface area contributed by atoms with E-state index in [4.69, 9.17) is 0 Å². The highest BCUT2D eigenvalue weighted by molar-refractivity contribution is 5.99. The molecule has 0 atom stereocenters. The number of aromatic nitrogens is 2. The molecule has 0 aliphatic rings. The maximum absolute atomic E-state index is 11.6. The largest absolute Gasteiger partial charge is 0.324 e. The van der Waals surface area contributed by atoms with Crippen molar-refractivity contribution in [1.82, 2.24) is 10.3 Å². The number of urea groups is 1. The predicted molar refractivity (Wildman–Crippen MR) is 64.8 cm³/mol. The van der Waals surface area contributed by atoms with Crippen LogP contribution in [0.15, 0.2) is 28.9 Å². The van der Waals surface area contributed by atoms with Gasteiger partial charge in [0.2, 0.25) is 5.82 Å². The van der Waals surface area contributed by atoms with Crippen LogP contribution in [0.1, 0.15) is 5.69 Å². The lowest BCUT2D eigenvalue weighted by Gasteiger charge is -2.04. The van der Waals surface area contributed by atoms with Crippen LogP contribution in [0, 0.1) is 17.0 Å². The van der Waals surface area contributed by atoms with E-state index in [0.717, 1.165) is 0 Å². The van der Waals surface area contributed by atoms with Crippen LogP contribution in [0.3, 0.4) is 0 Å². The standard InChI is InChI=1S/C10H9N5O4/c1-6-9(14-19-13-6)12-10(16)11-7-2-4-8(5-3-7)15(17)18/h2-5H,1H3,(H2,11,12,14,16). The number of nitrogens with one attached hydrogen (secondary N) is 2. The van der Waals surface area contributed by atoms with E-state index in [9.17, 15) is 14.9 Å². The van der Waals surface area contributed by atoms with E-state index in [1.807, 2.05) is 0 Å². The van der Waals surface area contributed by atoms with Crippen molar-refractivity contribution in [2.24, 2.45) is 0 Å². The number of amides is 2. The van der Waals surface area contributed by atoms with Crippen molar-refractivity contribution in [2.75, 3.05) is 10.6 Å². The molecule has 0 saturated carbocycles. The molecule has 0 aliphatic heterocycles. The van der Waals surface area contributed by atoms with Gasteiger partial charge in [0.05, 0.1) is 4.92 Å². The molecule has 2 rings (SSSR count). The molecule has 0 fully saturated rings. The summed E-state index contributed by atoms with van der Waals surface area (Å²) >= 11 is 0. The lowest BCUT2D eigenvalue weighted by Crippen LogP contribution is -2.20. The molecule has 1 heterocycles. The molecule has 2 amide bonds. The Kier molecular flexibility index (Phi) is 3.37. The van der Waals surface area contributed by atoms with Gasteiger partial charge in [-0.05, 0) is 24.2 Å². The number of non-ortho nitro benzene ring substituents is 1. The molecule has 98 valence electrons. The van der Waals surface area contributed by atoms with Crippen molar-refractivity contribution in [3.63, 3.8) is 0 Å². The summed E-state index contributed by atoms with van der Waals surface area (Å²) in [6.07, 6.45) is 0. The van der Waals surface area contributed by atoms with Crippen LogP contribution < -0.4 is 10.6 Å². The Bertz CT molecular complexity index is 607. The fourth-order valence-electron chi connectivity index (χ4n) is 1.28. The number of nitrogens with zero attached hydrogens (tertiary/aromatic N) is 3. The molecule has 0 radical (unpaired) electrons. The highest BCUT2D eigenvalue weighted by Crippen LogP contribution is 2.15. The van der Waals surface area contributed by atoms with Crippen LogP contribution in [-0.2, 0) is 0 Å².